The molecule has 0 aliphatic heterocycles. The van der Waals surface area contributed by atoms with E-state index < -0.39 is 0 Å². The Labute approximate surface area is 154 Å². The van der Waals surface area contributed by atoms with Crippen LogP contribution in [0.1, 0.15) is 5.69 Å². The number of ether oxygens (including phenoxy) is 2. The second kappa shape index (κ2) is 10.1. The number of rotatable bonds is 8. The largest absolute Gasteiger partial charge is 0.503 e. The summed E-state index contributed by atoms with van der Waals surface area (Å²) in [5, 5.41) is 9.75. The smallest absolute Gasteiger partial charge is 0.223 e. The number of aromatic hydroxyl groups is 1. The van der Waals surface area contributed by atoms with E-state index in [-0.39, 0.29) is 23.6 Å². The minimum absolute atomic E-state index is 0. The minimum Gasteiger partial charge on any atom is -0.503 e. The Morgan fingerprint density at radius 1 is 1.08 bits per heavy atom. The van der Waals surface area contributed by atoms with Gasteiger partial charge in [-0.25, -0.2) is 0 Å². The number of aromatic nitrogens is 1. The average molecular weight is 369 g/mol. The number of nitrogens with zero attached hydrogens (tertiary/aromatic N) is 2. The molecule has 2 rings (SSSR count). The summed E-state index contributed by atoms with van der Waals surface area (Å²) in [5.41, 5.74) is 0.973. The highest BCUT2D eigenvalue weighted by molar-refractivity contribution is 5.85. The van der Waals surface area contributed by atoms with Gasteiger partial charge in [0.2, 0.25) is 5.43 Å². The van der Waals surface area contributed by atoms with Crippen molar-refractivity contribution in [2.45, 2.75) is 6.92 Å². The van der Waals surface area contributed by atoms with E-state index in [2.05, 4.69) is 4.90 Å². The van der Waals surface area contributed by atoms with Crippen molar-refractivity contribution >= 4 is 12.4 Å². The van der Waals surface area contributed by atoms with Crippen LogP contribution in [0.25, 0.3) is 5.69 Å². The molecule has 7 heteroatoms. The summed E-state index contributed by atoms with van der Waals surface area (Å²) in [5.74, 6) is 0.519. The first-order valence-electron chi connectivity index (χ1n) is 7.86. The monoisotopic (exact) mass is 368 g/mol. The summed E-state index contributed by atoms with van der Waals surface area (Å²) >= 11 is 0. The molecule has 0 aliphatic carbocycles. The fourth-order valence-corrected chi connectivity index (χ4v) is 2.18. The zero-order valence-electron chi connectivity index (χ0n) is 14.8. The van der Waals surface area contributed by atoms with Crippen LogP contribution < -0.4 is 10.2 Å². The summed E-state index contributed by atoms with van der Waals surface area (Å²) in [6.07, 6.45) is 1.64. The second-order valence-electron chi connectivity index (χ2n) is 5.74. The molecule has 0 unspecified atom stereocenters. The van der Waals surface area contributed by atoms with Gasteiger partial charge in [-0.1, -0.05) is 0 Å². The van der Waals surface area contributed by atoms with Gasteiger partial charge < -0.3 is 24.0 Å². The second-order valence-corrected chi connectivity index (χ2v) is 5.74. The Morgan fingerprint density at radius 3 is 2.40 bits per heavy atom. The van der Waals surface area contributed by atoms with Crippen molar-refractivity contribution in [2.24, 2.45) is 0 Å². The third kappa shape index (κ3) is 6.08. The summed E-state index contributed by atoms with van der Waals surface area (Å²) in [4.78, 5) is 13.5. The van der Waals surface area contributed by atoms with Crippen LogP contribution in [0, 0.1) is 6.92 Å². The molecule has 1 aromatic heterocycles. The molecule has 1 N–H and O–H groups in total. The third-order valence-electron chi connectivity index (χ3n) is 3.61. The van der Waals surface area contributed by atoms with Crippen LogP contribution in [0.4, 0.5) is 0 Å². The maximum absolute atomic E-state index is 11.4. The standard InChI is InChI=1S/C18H24N2O4.ClH/c1-14-18(22)17(21)8-9-20(14)15-4-6-16(7-5-15)24-13-12-23-11-10-19(2)3;/h4-9,22H,10-13H2,1-3H3;1H. The fraction of sp³-hybridized carbons (Fsp3) is 0.389. The number of benzene rings is 1. The molecule has 0 radical (unpaired) electrons. The van der Waals surface area contributed by atoms with Crippen LogP contribution in [0.5, 0.6) is 11.5 Å². The summed E-state index contributed by atoms with van der Waals surface area (Å²) in [6, 6.07) is 8.80. The van der Waals surface area contributed by atoms with Crippen molar-refractivity contribution in [3.05, 3.63) is 52.4 Å². The first kappa shape index (κ1) is 21.0. The predicted octanol–water partition coefficient (Wildman–Crippen LogP) is 2.23. The highest BCUT2D eigenvalue weighted by Crippen LogP contribution is 2.19. The number of likely N-dealkylation sites (N-methyl/N-ethyl adjacent to an activating group) is 1. The Bertz CT molecular complexity index is 714. The number of halogens is 1. The van der Waals surface area contributed by atoms with Crippen LogP contribution in [0.15, 0.2) is 41.3 Å². The molecule has 0 aliphatic rings. The highest BCUT2D eigenvalue weighted by Gasteiger charge is 2.06. The molecular weight excluding hydrogens is 344 g/mol. The highest BCUT2D eigenvalue weighted by atomic mass is 35.5. The lowest BCUT2D eigenvalue weighted by atomic mass is 10.2. The van der Waals surface area contributed by atoms with Gasteiger partial charge in [0.25, 0.3) is 0 Å². The van der Waals surface area contributed by atoms with Crippen LogP contribution in [0.3, 0.4) is 0 Å². The number of hydrogen-bond acceptors (Lipinski definition) is 5. The van der Waals surface area contributed by atoms with E-state index in [1.54, 1.807) is 17.7 Å². The molecule has 0 bridgehead atoms. The average Bonchev–Trinajstić information content (AvgIpc) is 2.56. The van der Waals surface area contributed by atoms with E-state index >= 15 is 0 Å². The summed E-state index contributed by atoms with van der Waals surface area (Å²) in [7, 11) is 4.01. The van der Waals surface area contributed by atoms with E-state index in [9.17, 15) is 9.90 Å². The molecule has 1 aromatic carbocycles. The summed E-state index contributed by atoms with van der Waals surface area (Å²) in [6.45, 7) is 4.31. The van der Waals surface area contributed by atoms with Crippen LogP contribution >= 0.6 is 12.4 Å². The van der Waals surface area contributed by atoms with Crippen molar-refractivity contribution in [1.29, 1.82) is 0 Å². The molecule has 0 spiro atoms. The molecule has 0 amide bonds. The topological polar surface area (TPSA) is 63.9 Å². The van der Waals surface area contributed by atoms with Gasteiger partial charge in [-0.2, -0.15) is 0 Å². The van der Waals surface area contributed by atoms with E-state index in [0.717, 1.165) is 18.0 Å². The quantitative estimate of drug-likeness (QED) is 0.724. The Morgan fingerprint density at radius 2 is 1.76 bits per heavy atom. The van der Waals surface area contributed by atoms with Gasteiger partial charge in [0.1, 0.15) is 12.4 Å². The number of hydrogen-bond donors (Lipinski definition) is 1. The zero-order chi connectivity index (χ0) is 17.5. The first-order valence-corrected chi connectivity index (χ1v) is 7.86. The van der Waals surface area contributed by atoms with Crippen molar-refractivity contribution in [2.75, 3.05) is 40.5 Å². The lowest BCUT2D eigenvalue weighted by Gasteiger charge is -2.13. The Hall–Kier alpha value is -2.02. The molecule has 6 nitrogen and oxygen atoms in total. The van der Waals surface area contributed by atoms with Crippen LogP contribution in [0.2, 0.25) is 0 Å². The van der Waals surface area contributed by atoms with Crippen LogP contribution in [-0.4, -0.2) is 55.0 Å². The molecule has 0 saturated heterocycles. The lowest BCUT2D eigenvalue weighted by Crippen LogP contribution is -2.19. The van der Waals surface area contributed by atoms with Gasteiger partial charge in [-0.3, -0.25) is 4.79 Å². The molecule has 1 heterocycles. The van der Waals surface area contributed by atoms with Gasteiger partial charge in [-0.05, 0) is 45.3 Å². The molecule has 0 atom stereocenters. The van der Waals surface area contributed by atoms with Gasteiger partial charge in [-0.15, -0.1) is 12.4 Å². The molecule has 0 saturated carbocycles. The third-order valence-corrected chi connectivity index (χ3v) is 3.61. The van der Waals surface area contributed by atoms with E-state index in [0.29, 0.717) is 25.5 Å². The van der Waals surface area contributed by atoms with E-state index in [1.807, 2.05) is 38.4 Å². The minimum atomic E-state index is -0.377. The van der Waals surface area contributed by atoms with Crippen molar-refractivity contribution in [1.82, 2.24) is 9.47 Å². The molecular formula is C18H25ClN2O4. The Balaban J connectivity index is 0.00000312. The van der Waals surface area contributed by atoms with Gasteiger partial charge in [0.05, 0.1) is 18.9 Å². The van der Waals surface area contributed by atoms with Crippen LogP contribution in [-0.2, 0) is 4.74 Å². The SMILES string of the molecule is Cc1c(O)c(=O)ccn1-c1ccc(OCCOCCN(C)C)cc1.Cl. The van der Waals surface area contributed by atoms with Gasteiger partial charge >= 0.3 is 0 Å². The van der Waals surface area contributed by atoms with Crippen molar-refractivity contribution in [3.63, 3.8) is 0 Å². The first-order chi connectivity index (χ1) is 11.5. The Kier molecular flexibility index (Phi) is 8.48. The van der Waals surface area contributed by atoms with E-state index in [1.165, 1.54) is 6.07 Å². The maximum atomic E-state index is 11.4. The van der Waals surface area contributed by atoms with Gasteiger partial charge in [0.15, 0.2) is 5.75 Å². The lowest BCUT2D eigenvalue weighted by molar-refractivity contribution is 0.0890. The van der Waals surface area contributed by atoms with Crippen molar-refractivity contribution < 1.29 is 14.6 Å². The number of pyridine rings is 1. The van der Waals surface area contributed by atoms with E-state index in [4.69, 9.17) is 9.47 Å². The predicted molar refractivity (Wildman–Crippen MR) is 101 cm³/mol. The summed E-state index contributed by atoms with van der Waals surface area (Å²) < 4.78 is 12.9. The van der Waals surface area contributed by atoms with Crippen molar-refractivity contribution in [3.8, 4) is 17.2 Å². The van der Waals surface area contributed by atoms with Gasteiger partial charge in [0, 0.05) is 24.5 Å². The zero-order valence-corrected chi connectivity index (χ0v) is 15.6. The molecule has 0 fully saturated rings. The molecule has 2 aromatic rings. The normalized spacial score (nSPS) is 10.6. The molecule has 25 heavy (non-hydrogen) atoms. The fourth-order valence-electron chi connectivity index (χ4n) is 2.18. The molecule has 138 valence electrons. The maximum Gasteiger partial charge on any atom is 0.223 e.